The summed E-state index contributed by atoms with van der Waals surface area (Å²) in [6.07, 6.45) is 4.95. The molecule has 0 atom stereocenters. The molecule has 0 saturated heterocycles. The van der Waals surface area contributed by atoms with Crippen LogP contribution in [0.4, 0.5) is 0 Å². The molecule has 0 aliphatic rings. The van der Waals surface area contributed by atoms with E-state index in [0.717, 1.165) is 11.5 Å². The molecule has 0 aliphatic heterocycles. The minimum absolute atomic E-state index is 0.922. The zero-order valence-electron chi connectivity index (χ0n) is 6.24. The molecule has 0 aliphatic carbocycles. The SMILES string of the molecule is CC=C(C)C=C(Cl)CC. The smallest absolute Gasteiger partial charge is 0.0180 e. The third-order valence-electron chi connectivity index (χ3n) is 1.18. The van der Waals surface area contributed by atoms with Gasteiger partial charge in [0.2, 0.25) is 0 Å². The fourth-order valence-corrected chi connectivity index (χ4v) is 0.605. The lowest BCUT2D eigenvalue weighted by molar-refractivity contribution is 1.19. The molecule has 0 fully saturated rings. The van der Waals surface area contributed by atoms with Crippen LogP contribution in [-0.4, -0.2) is 0 Å². The molecule has 1 heteroatoms. The Morgan fingerprint density at radius 3 is 2.44 bits per heavy atom. The van der Waals surface area contributed by atoms with Gasteiger partial charge in [0.15, 0.2) is 0 Å². The molecule has 0 amide bonds. The molecule has 0 bridgehead atoms. The Morgan fingerprint density at radius 2 is 2.11 bits per heavy atom. The van der Waals surface area contributed by atoms with E-state index in [0.29, 0.717) is 0 Å². The third-order valence-corrected chi connectivity index (χ3v) is 1.55. The summed E-state index contributed by atoms with van der Waals surface area (Å²) in [5.41, 5.74) is 1.22. The normalized spacial score (nSPS) is 14.2. The van der Waals surface area contributed by atoms with Crippen LogP contribution in [0.25, 0.3) is 0 Å². The number of halogens is 1. The summed E-state index contributed by atoms with van der Waals surface area (Å²) in [4.78, 5) is 0. The molecule has 0 heterocycles. The number of allylic oxidation sites excluding steroid dienone is 4. The first kappa shape index (κ1) is 8.77. The van der Waals surface area contributed by atoms with Crippen LogP contribution in [0.15, 0.2) is 22.8 Å². The van der Waals surface area contributed by atoms with Gasteiger partial charge in [0.1, 0.15) is 0 Å². The van der Waals surface area contributed by atoms with Crippen LogP contribution in [0, 0.1) is 0 Å². The lowest BCUT2D eigenvalue weighted by Gasteiger charge is -1.91. The predicted molar refractivity (Wildman–Crippen MR) is 43.7 cm³/mol. The number of rotatable bonds is 2. The van der Waals surface area contributed by atoms with Gasteiger partial charge in [-0.1, -0.05) is 30.2 Å². The van der Waals surface area contributed by atoms with Gasteiger partial charge >= 0.3 is 0 Å². The Balaban J connectivity index is 3.95. The van der Waals surface area contributed by atoms with Crippen LogP contribution in [0.3, 0.4) is 0 Å². The second-order valence-electron chi connectivity index (χ2n) is 1.98. The Hall–Kier alpha value is -0.230. The van der Waals surface area contributed by atoms with Crippen molar-refractivity contribution in [3.63, 3.8) is 0 Å². The van der Waals surface area contributed by atoms with Crippen molar-refractivity contribution < 1.29 is 0 Å². The van der Waals surface area contributed by atoms with E-state index in [4.69, 9.17) is 11.6 Å². The predicted octanol–water partition coefficient (Wildman–Crippen LogP) is 3.49. The van der Waals surface area contributed by atoms with E-state index in [-0.39, 0.29) is 0 Å². The Labute approximate surface area is 62.2 Å². The Kier molecular flexibility index (Phi) is 4.51. The van der Waals surface area contributed by atoms with E-state index in [2.05, 4.69) is 0 Å². The minimum atomic E-state index is 0.922. The molecule has 9 heavy (non-hydrogen) atoms. The van der Waals surface area contributed by atoms with E-state index in [1.165, 1.54) is 5.57 Å². The lowest BCUT2D eigenvalue weighted by atomic mass is 10.2. The zero-order chi connectivity index (χ0) is 7.28. The molecule has 0 aromatic rings. The van der Waals surface area contributed by atoms with Crippen molar-refractivity contribution in [3.8, 4) is 0 Å². The summed E-state index contributed by atoms with van der Waals surface area (Å²) < 4.78 is 0. The van der Waals surface area contributed by atoms with Gasteiger partial charge in [-0.05, 0) is 26.3 Å². The van der Waals surface area contributed by atoms with Crippen LogP contribution in [0.2, 0.25) is 0 Å². The summed E-state index contributed by atoms with van der Waals surface area (Å²) in [7, 11) is 0. The summed E-state index contributed by atoms with van der Waals surface area (Å²) in [6, 6.07) is 0. The average Bonchev–Trinajstić information content (AvgIpc) is 1.87. The summed E-state index contributed by atoms with van der Waals surface area (Å²) in [5, 5.41) is 0.922. The first-order valence-corrected chi connectivity index (χ1v) is 3.57. The Bertz CT molecular complexity index is 132. The van der Waals surface area contributed by atoms with Crippen LogP contribution in [0.5, 0.6) is 0 Å². The first-order chi connectivity index (χ1) is 4.20. The van der Waals surface area contributed by atoms with Gasteiger partial charge in [-0.2, -0.15) is 0 Å². The van der Waals surface area contributed by atoms with Gasteiger partial charge in [-0.3, -0.25) is 0 Å². The molecule has 0 rings (SSSR count). The first-order valence-electron chi connectivity index (χ1n) is 3.19. The molecule has 0 aromatic carbocycles. The van der Waals surface area contributed by atoms with Gasteiger partial charge in [-0.25, -0.2) is 0 Å². The molecule has 0 saturated carbocycles. The highest BCUT2D eigenvalue weighted by atomic mass is 35.5. The standard InChI is InChI=1S/C8H13Cl/c1-4-7(3)6-8(9)5-2/h4,6H,5H2,1-3H3. The van der Waals surface area contributed by atoms with Crippen LogP contribution in [-0.2, 0) is 0 Å². The highest BCUT2D eigenvalue weighted by molar-refractivity contribution is 6.29. The van der Waals surface area contributed by atoms with Crippen LogP contribution < -0.4 is 0 Å². The van der Waals surface area contributed by atoms with Crippen molar-refractivity contribution in [2.24, 2.45) is 0 Å². The summed E-state index contributed by atoms with van der Waals surface area (Å²) in [6.45, 7) is 6.09. The zero-order valence-corrected chi connectivity index (χ0v) is 7.00. The van der Waals surface area contributed by atoms with E-state index < -0.39 is 0 Å². The maximum atomic E-state index is 5.76. The van der Waals surface area contributed by atoms with Crippen molar-refractivity contribution in [3.05, 3.63) is 22.8 Å². The van der Waals surface area contributed by atoms with E-state index in [1.807, 2.05) is 32.9 Å². The highest BCUT2D eigenvalue weighted by Crippen LogP contribution is 2.09. The van der Waals surface area contributed by atoms with Gasteiger partial charge in [0.05, 0.1) is 0 Å². The molecule has 0 nitrogen and oxygen atoms in total. The number of hydrogen-bond donors (Lipinski definition) is 0. The highest BCUT2D eigenvalue weighted by Gasteiger charge is 1.85. The van der Waals surface area contributed by atoms with Gasteiger partial charge < -0.3 is 0 Å². The largest absolute Gasteiger partial charge is 0.0892 e. The maximum absolute atomic E-state index is 5.76. The van der Waals surface area contributed by atoms with Crippen molar-refractivity contribution >= 4 is 11.6 Å². The summed E-state index contributed by atoms with van der Waals surface area (Å²) >= 11 is 5.76. The van der Waals surface area contributed by atoms with Crippen molar-refractivity contribution in [1.82, 2.24) is 0 Å². The van der Waals surface area contributed by atoms with Crippen LogP contribution in [0.1, 0.15) is 27.2 Å². The Morgan fingerprint density at radius 1 is 1.56 bits per heavy atom. The third kappa shape index (κ3) is 4.28. The fourth-order valence-electron chi connectivity index (χ4n) is 0.432. The van der Waals surface area contributed by atoms with E-state index in [1.54, 1.807) is 0 Å². The van der Waals surface area contributed by atoms with Crippen LogP contribution >= 0.6 is 11.6 Å². The van der Waals surface area contributed by atoms with Gasteiger partial charge in [-0.15, -0.1) is 0 Å². The number of hydrogen-bond acceptors (Lipinski definition) is 0. The molecule has 0 aromatic heterocycles. The molecular formula is C8H13Cl. The molecule has 0 spiro atoms. The van der Waals surface area contributed by atoms with E-state index >= 15 is 0 Å². The second-order valence-corrected chi connectivity index (χ2v) is 2.46. The monoisotopic (exact) mass is 144 g/mol. The molecule has 52 valence electrons. The van der Waals surface area contributed by atoms with Gasteiger partial charge in [0.25, 0.3) is 0 Å². The maximum Gasteiger partial charge on any atom is 0.0180 e. The molecular weight excluding hydrogens is 132 g/mol. The van der Waals surface area contributed by atoms with Crippen molar-refractivity contribution in [2.45, 2.75) is 27.2 Å². The molecule has 0 radical (unpaired) electrons. The van der Waals surface area contributed by atoms with Crippen molar-refractivity contribution in [2.75, 3.05) is 0 Å². The lowest BCUT2D eigenvalue weighted by Crippen LogP contribution is -1.69. The average molecular weight is 145 g/mol. The second kappa shape index (κ2) is 4.63. The van der Waals surface area contributed by atoms with E-state index in [9.17, 15) is 0 Å². The quantitative estimate of drug-likeness (QED) is 0.521. The fraction of sp³-hybridized carbons (Fsp3) is 0.500. The topological polar surface area (TPSA) is 0 Å². The van der Waals surface area contributed by atoms with Crippen molar-refractivity contribution in [1.29, 1.82) is 0 Å². The minimum Gasteiger partial charge on any atom is -0.0892 e. The summed E-state index contributed by atoms with van der Waals surface area (Å²) in [5.74, 6) is 0. The molecule has 0 unspecified atom stereocenters. The van der Waals surface area contributed by atoms with Gasteiger partial charge in [0, 0.05) is 5.03 Å². The molecule has 0 N–H and O–H groups in total.